The summed E-state index contributed by atoms with van der Waals surface area (Å²) in [5.41, 5.74) is 1.55. The molecule has 0 saturated carbocycles. The van der Waals surface area contributed by atoms with Crippen LogP contribution in [0.15, 0.2) is 11.5 Å². The molecule has 6 heteroatoms. The van der Waals surface area contributed by atoms with E-state index >= 15 is 0 Å². The first-order valence-electron chi connectivity index (χ1n) is 3.78. The van der Waals surface area contributed by atoms with Crippen LogP contribution in [0.1, 0.15) is 0 Å². The van der Waals surface area contributed by atoms with Gasteiger partial charge in [-0.25, -0.2) is 15.0 Å². The van der Waals surface area contributed by atoms with E-state index in [2.05, 4.69) is 25.3 Å². The molecule has 0 aliphatic carbocycles. The summed E-state index contributed by atoms with van der Waals surface area (Å²) in [6, 6.07) is 0. The molecule has 5 nitrogen and oxygen atoms in total. The van der Waals surface area contributed by atoms with E-state index in [0.29, 0.717) is 5.65 Å². The predicted octanol–water partition coefficient (Wildman–Crippen LogP) is 1.12. The molecule has 0 radical (unpaired) electrons. The van der Waals surface area contributed by atoms with Crippen LogP contribution in [0.5, 0.6) is 0 Å². The highest BCUT2D eigenvalue weighted by molar-refractivity contribution is 7.98. The van der Waals surface area contributed by atoms with E-state index < -0.39 is 0 Å². The fraction of sp³-hybridized carbons (Fsp3) is 0.286. The third kappa shape index (κ3) is 1.33. The minimum atomic E-state index is 0.698. The van der Waals surface area contributed by atoms with Gasteiger partial charge in [-0.1, -0.05) is 11.8 Å². The first-order valence-corrected chi connectivity index (χ1v) is 5.00. The highest BCUT2D eigenvalue weighted by Gasteiger charge is 2.06. The van der Waals surface area contributed by atoms with Crippen molar-refractivity contribution in [3.63, 3.8) is 0 Å². The van der Waals surface area contributed by atoms with Crippen LogP contribution in [0.4, 0.5) is 5.82 Å². The Labute approximate surface area is 79.4 Å². The third-order valence-corrected chi connectivity index (χ3v) is 2.23. The SMILES string of the molecule is CNc1nc(SC)nc2nc[nH]c12. The maximum Gasteiger partial charge on any atom is 0.191 e. The highest BCUT2D eigenvalue weighted by atomic mass is 32.2. The van der Waals surface area contributed by atoms with Gasteiger partial charge in [-0.15, -0.1) is 0 Å². The Kier molecular flexibility index (Phi) is 2.05. The van der Waals surface area contributed by atoms with Crippen molar-refractivity contribution in [2.24, 2.45) is 0 Å². The monoisotopic (exact) mass is 195 g/mol. The molecule has 2 heterocycles. The molecule has 0 spiro atoms. The fourth-order valence-corrected chi connectivity index (χ4v) is 1.45. The van der Waals surface area contributed by atoms with Crippen LogP contribution in [-0.4, -0.2) is 33.2 Å². The minimum Gasteiger partial charge on any atom is -0.371 e. The third-order valence-electron chi connectivity index (χ3n) is 1.68. The van der Waals surface area contributed by atoms with Gasteiger partial charge in [-0.2, -0.15) is 0 Å². The minimum absolute atomic E-state index is 0.698. The van der Waals surface area contributed by atoms with Crippen LogP contribution in [0.25, 0.3) is 11.2 Å². The van der Waals surface area contributed by atoms with Gasteiger partial charge in [0.15, 0.2) is 16.6 Å². The van der Waals surface area contributed by atoms with Crippen LogP contribution < -0.4 is 5.32 Å². The molecule has 0 aliphatic rings. The van der Waals surface area contributed by atoms with Crippen molar-refractivity contribution in [1.29, 1.82) is 0 Å². The zero-order valence-electron chi connectivity index (χ0n) is 7.33. The van der Waals surface area contributed by atoms with E-state index in [9.17, 15) is 0 Å². The molecule has 0 amide bonds. The predicted molar refractivity (Wildman–Crippen MR) is 53.0 cm³/mol. The van der Waals surface area contributed by atoms with Gasteiger partial charge in [0.1, 0.15) is 5.52 Å². The summed E-state index contributed by atoms with van der Waals surface area (Å²) < 4.78 is 0. The van der Waals surface area contributed by atoms with Gasteiger partial charge < -0.3 is 10.3 Å². The molecule has 2 rings (SSSR count). The Hall–Kier alpha value is -1.30. The molecule has 0 unspecified atom stereocenters. The maximum atomic E-state index is 4.28. The van der Waals surface area contributed by atoms with Gasteiger partial charge in [-0.05, 0) is 6.26 Å². The number of aromatic amines is 1. The number of H-pyrrole nitrogens is 1. The lowest BCUT2D eigenvalue weighted by molar-refractivity contribution is 0.998. The number of imidazole rings is 1. The smallest absolute Gasteiger partial charge is 0.191 e. The van der Waals surface area contributed by atoms with Gasteiger partial charge in [-0.3, -0.25) is 0 Å². The Balaban J connectivity index is 2.70. The molecule has 0 saturated heterocycles. The van der Waals surface area contributed by atoms with Crippen LogP contribution in [0.2, 0.25) is 0 Å². The van der Waals surface area contributed by atoms with Crippen molar-refractivity contribution >= 4 is 28.7 Å². The highest BCUT2D eigenvalue weighted by Crippen LogP contribution is 2.19. The number of nitrogens with one attached hydrogen (secondary N) is 2. The molecule has 68 valence electrons. The van der Waals surface area contributed by atoms with Crippen molar-refractivity contribution in [3.05, 3.63) is 6.33 Å². The molecule has 0 fully saturated rings. The van der Waals surface area contributed by atoms with Crippen molar-refractivity contribution < 1.29 is 0 Å². The van der Waals surface area contributed by atoms with Gasteiger partial charge in [0.25, 0.3) is 0 Å². The molecular weight excluding hydrogens is 186 g/mol. The zero-order chi connectivity index (χ0) is 9.26. The van der Waals surface area contributed by atoms with Crippen LogP contribution in [0.3, 0.4) is 0 Å². The second-order valence-electron chi connectivity index (χ2n) is 2.41. The Bertz CT molecular complexity index is 424. The normalized spacial score (nSPS) is 10.6. The molecular formula is C7H9N5S. The maximum absolute atomic E-state index is 4.28. The first-order chi connectivity index (χ1) is 6.35. The summed E-state index contributed by atoms with van der Waals surface area (Å²) >= 11 is 1.50. The van der Waals surface area contributed by atoms with E-state index in [0.717, 1.165) is 16.5 Å². The van der Waals surface area contributed by atoms with E-state index in [1.807, 2.05) is 13.3 Å². The van der Waals surface area contributed by atoms with Crippen molar-refractivity contribution in [1.82, 2.24) is 19.9 Å². The second kappa shape index (κ2) is 3.21. The molecule has 0 aromatic carbocycles. The van der Waals surface area contributed by atoms with Gasteiger partial charge >= 0.3 is 0 Å². The second-order valence-corrected chi connectivity index (χ2v) is 3.18. The largest absolute Gasteiger partial charge is 0.371 e. The average molecular weight is 195 g/mol. The van der Waals surface area contributed by atoms with Gasteiger partial charge in [0.2, 0.25) is 0 Å². The van der Waals surface area contributed by atoms with Crippen LogP contribution in [0, 0.1) is 0 Å². The van der Waals surface area contributed by atoms with E-state index in [4.69, 9.17) is 0 Å². The quantitative estimate of drug-likeness (QED) is 0.555. The molecule has 13 heavy (non-hydrogen) atoms. The molecule has 2 aromatic rings. The number of hydrogen-bond acceptors (Lipinski definition) is 5. The lowest BCUT2D eigenvalue weighted by Gasteiger charge is -2.01. The van der Waals surface area contributed by atoms with Crippen LogP contribution >= 0.6 is 11.8 Å². The van der Waals surface area contributed by atoms with E-state index in [1.54, 1.807) is 6.33 Å². The molecule has 0 atom stereocenters. The molecule has 2 N–H and O–H groups in total. The molecule has 0 aliphatic heterocycles. The Morgan fingerprint density at radius 3 is 3.00 bits per heavy atom. The molecule has 0 bridgehead atoms. The van der Waals surface area contributed by atoms with Gasteiger partial charge in [0, 0.05) is 7.05 Å². The standard InChI is InChI=1S/C7H9N5S/c1-8-5-4-6(10-3-9-4)12-7(11-5)13-2/h3H,1-2H3,(H2,8,9,10,11,12). The summed E-state index contributed by atoms with van der Waals surface area (Å²) in [6.07, 6.45) is 3.55. The van der Waals surface area contributed by atoms with Crippen LogP contribution in [-0.2, 0) is 0 Å². The summed E-state index contributed by atoms with van der Waals surface area (Å²) in [7, 11) is 1.83. The van der Waals surface area contributed by atoms with E-state index in [1.165, 1.54) is 11.8 Å². The number of fused-ring (bicyclic) bond motifs is 1. The average Bonchev–Trinajstić information content (AvgIpc) is 2.63. The molecule has 2 aromatic heterocycles. The lowest BCUT2D eigenvalue weighted by Crippen LogP contribution is -1.97. The number of hydrogen-bond donors (Lipinski definition) is 2. The number of aromatic nitrogens is 4. The van der Waals surface area contributed by atoms with Crippen molar-refractivity contribution in [2.75, 3.05) is 18.6 Å². The number of thioether (sulfide) groups is 1. The van der Waals surface area contributed by atoms with Crippen molar-refractivity contribution in [3.8, 4) is 0 Å². The topological polar surface area (TPSA) is 66.5 Å². The summed E-state index contributed by atoms with van der Waals surface area (Å²) in [4.78, 5) is 15.6. The summed E-state index contributed by atoms with van der Waals surface area (Å²) in [6.45, 7) is 0. The Morgan fingerprint density at radius 1 is 1.46 bits per heavy atom. The fourth-order valence-electron chi connectivity index (χ4n) is 1.09. The number of nitrogens with zero attached hydrogens (tertiary/aromatic N) is 3. The Morgan fingerprint density at radius 2 is 2.31 bits per heavy atom. The summed E-state index contributed by atoms with van der Waals surface area (Å²) in [5, 5.41) is 3.72. The van der Waals surface area contributed by atoms with Gasteiger partial charge in [0.05, 0.1) is 6.33 Å². The van der Waals surface area contributed by atoms with E-state index in [-0.39, 0.29) is 0 Å². The lowest BCUT2D eigenvalue weighted by atomic mass is 10.5. The number of anilines is 1. The summed E-state index contributed by atoms with van der Waals surface area (Å²) in [5.74, 6) is 0.784. The van der Waals surface area contributed by atoms with Crippen molar-refractivity contribution in [2.45, 2.75) is 5.16 Å². The first kappa shape index (κ1) is 8.31. The number of rotatable bonds is 2. The zero-order valence-corrected chi connectivity index (χ0v) is 8.14.